The summed E-state index contributed by atoms with van der Waals surface area (Å²) >= 11 is 6.16. The number of halogens is 1. The number of nitrogens with one attached hydrogen (secondary N) is 1. The lowest BCUT2D eigenvalue weighted by molar-refractivity contribution is 0.102. The summed E-state index contributed by atoms with van der Waals surface area (Å²) in [6, 6.07) is 5.39. The minimum Gasteiger partial charge on any atom is -0.440 e. The Kier molecular flexibility index (Phi) is 4.70. The largest absolute Gasteiger partial charge is 0.440 e. The second-order valence-electron chi connectivity index (χ2n) is 6.50. The summed E-state index contributed by atoms with van der Waals surface area (Å²) in [7, 11) is 0. The van der Waals surface area contributed by atoms with Gasteiger partial charge in [-0.15, -0.1) is 0 Å². The Hall–Kier alpha value is -2.67. The van der Waals surface area contributed by atoms with Gasteiger partial charge in [-0.05, 0) is 44.9 Å². The summed E-state index contributed by atoms with van der Waals surface area (Å²) in [6.45, 7) is 5.49. The van der Waals surface area contributed by atoms with E-state index >= 15 is 0 Å². The van der Waals surface area contributed by atoms with Crippen molar-refractivity contribution in [3.63, 3.8) is 0 Å². The number of hydrogen-bond acceptors (Lipinski definition) is 6. The molecule has 27 heavy (non-hydrogen) atoms. The highest BCUT2D eigenvalue weighted by molar-refractivity contribution is 6.34. The maximum absolute atomic E-state index is 12.7. The third kappa shape index (κ3) is 3.60. The first-order valence-electron chi connectivity index (χ1n) is 9.08. The maximum Gasteiger partial charge on any atom is 0.276 e. The average molecular weight is 386 g/mol. The van der Waals surface area contributed by atoms with Crippen LogP contribution in [0.5, 0.6) is 0 Å². The molecule has 0 spiro atoms. The van der Waals surface area contributed by atoms with Crippen molar-refractivity contribution in [3.05, 3.63) is 41.0 Å². The van der Waals surface area contributed by atoms with Crippen molar-refractivity contribution in [1.29, 1.82) is 0 Å². The first kappa shape index (κ1) is 17.7. The van der Waals surface area contributed by atoms with Crippen LogP contribution >= 0.6 is 11.6 Å². The fourth-order valence-corrected chi connectivity index (χ4v) is 3.07. The Morgan fingerprint density at radius 3 is 2.78 bits per heavy atom. The molecule has 1 N–H and O–H groups in total. The molecule has 3 aromatic rings. The molecule has 2 heterocycles. The van der Waals surface area contributed by atoms with Crippen LogP contribution in [0.2, 0.25) is 5.02 Å². The van der Waals surface area contributed by atoms with Gasteiger partial charge in [0, 0.05) is 24.7 Å². The van der Waals surface area contributed by atoms with Gasteiger partial charge in [-0.2, -0.15) is 0 Å². The monoisotopic (exact) mass is 385 g/mol. The second-order valence-corrected chi connectivity index (χ2v) is 6.91. The van der Waals surface area contributed by atoms with E-state index in [-0.39, 0.29) is 16.6 Å². The van der Waals surface area contributed by atoms with E-state index in [1.54, 1.807) is 12.1 Å². The fraction of sp³-hybridized carbons (Fsp3) is 0.368. The summed E-state index contributed by atoms with van der Waals surface area (Å²) in [6.07, 6.45) is 3.70. The fourth-order valence-electron chi connectivity index (χ4n) is 2.89. The minimum atomic E-state index is -0.388. The van der Waals surface area contributed by atoms with Crippen molar-refractivity contribution in [3.8, 4) is 0 Å². The molecule has 0 bridgehead atoms. The van der Waals surface area contributed by atoms with Gasteiger partial charge >= 0.3 is 0 Å². The maximum atomic E-state index is 12.7. The number of amides is 1. The molecule has 1 aliphatic rings. The summed E-state index contributed by atoms with van der Waals surface area (Å²) in [5.74, 6) is 1.31. The summed E-state index contributed by atoms with van der Waals surface area (Å²) in [5, 5.41) is 3.04. The first-order valence-corrected chi connectivity index (χ1v) is 9.46. The molecule has 0 unspecified atom stereocenters. The Labute approximate surface area is 161 Å². The first-order chi connectivity index (χ1) is 13.1. The molecular formula is C19H20ClN5O2. The molecule has 1 amide bonds. The number of carbonyl (C=O) groups excluding carboxylic acids is 1. The Morgan fingerprint density at radius 1 is 1.30 bits per heavy atom. The van der Waals surface area contributed by atoms with Crippen molar-refractivity contribution in [2.75, 3.05) is 23.3 Å². The Morgan fingerprint density at radius 2 is 2.07 bits per heavy atom. The van der Waals surface area contributed by atoms with Gasteiger partial charge in [0.2, 0.25) is 5.95 Å². The highest BCUT2D eigenvalue weighted by atomic mass is 35.5. The van der Waals surface area contributed by atoms with E-state index in [2.05, 4.69) is 20.3 Å². The van der Waals surface area contributed by atoms with Crippen LogP contribution in [0.15, 0.2) is 28.8 Å². The number of hydrogen-bond donors (Lipinski definition) is 1. The number of fused-ring (bicyclic) bond motifs is 1. The molecular weight excluding hydrogens is 366 g/mol. The van der Waals surface area contributed by atoms with Crippen molar-refractivity contribution in [1.82, 2.24) is 15.0 Å². The zero-order valence-electron chi connectivity index (χ0n) is 15.2. The number of aromatic nitrogens is 3. The van der Waals surface area contributed by atoms with Crippen molar-refractivity contribution < 1.29 is 9.21 Å². The van der Waals surface area contributed by atoms with Crippen LogP contribution < -0.4 is 10.2 Å². The number of rotatable bonds is 6. The number of benzene rings is 1. The molecule has 1 aliphatic carbocycles. The van der Waals surface area contributed by atoms with Crippen molar-refractivity contribution in [2.45, 2.75) is 32.6 Å². The molecule has 1 fully saturated rings. The summed E-state index contributed by atoms with van der Waals surface area (Å²) < 4.78 is 5.75. The van der Waals surface area contributed by atoms with Gasteiger partial charge in [-0.1, -0.05) is 11.6 Å². The van der Waals surface area contributed by atoms with E-state index in [0.29, 0.717) is 17.6 Å². The van der Waals surface area contributed by atoms with Gasteiger partial charge in [-0.25, -0.2) is 15.0 Å². The predicted octanol–water partition coefficient (Wildman–Crippen LogP) is 4.25. The SMILES string of the molecule is CCN(CC)c1ncc(Cl)c(C(=O)Nc2ccc3oc(C4CC4)nc3c2)n1. The number of carbonyl (C=O) groups is 1. The van der Waals surface area contributed by atoms with E-state index in [9.17, 15) is 4.79 Å². The van der Waals surface area contributed by atoms with E-state index in [4.69, 9.17) is 16.0 Å². The van der Waals surface area contributed by atoms with Crippen molar-refractivity contribution in [2.24, 2.45) is 0 Å². The average Bonchev–Trinajstić information content (AvgIpc) is 3.43. The number of anilines is 2. The van der Waals surface area contributed by atoms with Crippen LogP contribution in [0.4, 0.5) is 11.6 Å². The lowest BCUT2D eigenvalue weighted by atomic mass is 10.2. The summed E-state index contributed by atoms with van der Waals surface area (Å²) in [4.78, 5) is 27.7. The van der Waals surface area contributed by atoms with Gasteiger partial charge in [0.25, 0.3) is 5.91 Å². The van der Waals surface area contributed by atoms with Gasteiger partial charge in [-0.3, -0.25) is 4.79 Å². The third-order valence-electron chi connectivity index (χ3n) is 4.58. The Bertz CT molecular complexity index is 995. The molecule has 8 heteroatoms. The van der Waals surface area contributed by atoms with Crippen molar-refractivity contribution >= 4 is 40.2 Å². The zero-order valence-corrected chi connectivity index (χ0v) is 16.0. The zero-order chi connectivity index (χ0) is 19.0. The van der Waals surface area contributed by atoms with E-state index < -0.39 is 0 Å². The number of nitrogens with zero attached hydrogens (tertiary/aromatic N) is 4. The normalized spacial score (nSPS) is 13.7. The standard InChI is InChI=1S/C19H20ClN5O2/c1-3-25(4-2)19-21-10-13(20)16(24-19)17(26)22-12-7-8-15-14(9-12)23-18(27-15)11-5-6-11/h7-11H,3-6H2,1-2H3,(H,22,26). The molecule has 0 saturated heterocycles. The molecule has 0 aliphatic heterocycles. The third-order valence-corrected chi connectivity index (χ3v) is 4.86. The molecule has 0 atom stereocenters. The molecule has 0 radical (unpaired) electrons. The van der Waals surface area contributed by atoms with Crippen LogP contribution in [-0.2, 0) is 0 Å². The lowest BCUT2D eigenvalue weighted by Crippen LogP contribution is -2.25. The lowest BCUT2D eigenvalue weighted by Gasteiger charge is -2.19. The van der Waals surface area contributed by atoms with Gasteiger partial charge in [0.15, 0.2) is 17.2 Å². The molecule has 140 valence electrons. The van der Waals surface area contributed by atoms with E-state index in [0.717, 1.165) is 42.9 Å². The minimum absolute atomic E-state index is 0.146. The van der Waals surface area contributed by atoms with Crippen LogP contribution in [0.1, 0.15) is 49.0 Å². The molecule has 7 nitrogen and oxygen atoms in total. The van der Waals surface area contributed by atoms with Crippen LogP contribution in [0.25, 0.3) is 11.1 Å². The topological polar surface area (TPSA) is 84.2 Å². The molecule has 4 rings (SSSR count). The molecule has 1 aromatic carbocycles. The summed E-state index contributed by atoms with van der Waals surface area (Å²) in [5.41, 5.74) is 2.21. The van der Waals surface area contributed by atoms with Gasteiger partial charge < -0.3 is 14.6 Å². The quantitative estimate of drug-likeness (QED) is 0.682. The number of oxazole rings is 1. The van der Waals surface area contributed by atoms with Gasteiger partial charge in [0.1, 0.15) is 5.52 Å². The van der Waals surface area contributed by atoms with E-state index in [1.807, 2.05) is 24.8 Å². The predicted molar refractivity (Wildman–Crippen MR) is 105 cm³/mol. The Balaban J connectivity index is 1.58. The highest BCUT2D eigenvalue weighted by Crippen LogP contribution is 2.40. The van der Waals surface area contributed by atoms with Crippen LogP contribution in [0, 0.1) is 0 Å². The molecule has 1 saturated carbocycles. The second kappa shape index (κ2) is 7.15. The van der Waals surface area contributed by atoms with Crippen LogP contribution in [0.3, 0.4) is 0 Å². The van der Waals surface area contributed by atoms with Crippen LogP contribution in [-0.4, -0.2) is 33.9 Å². The highest BCUT2D eigenvalue weighted by Gasteiger charge is 2.29. The van der Waals surface area contributed by atoms with E-state index in [1.165, 1.54) is 6.20 Å². The van der Waals surface area contributed by atoms with Gasteiger partial charge in [0.05, 0.1) is 11.2 Å². The molecule has 2 aromatic heterocycles. The smallest absolute Gasteiger partial charge is 0.276 e.